The van der Waals surface area contributed by atoms with Crippen molar-refractivity contribution < 1.29 is 13.5 Å². The number of hydrogen-bond acceptors (Lipinski definition) is 8. The number of aliphatic imine (C=N–C) groups is 1. The number of pyridine rings is 2. The fraction of sp³-hybridized carbons (Fsp3) is 0.304. The molecule has 3 aromatic rings. The minimum absolute atomic E-state index is 0.0912. The third-order valence-corrected chi connectivity index (χ3v) is 9.47. The molecule has 0 amide bonds. The number of nitriles is 1. The molecule has 1 spiro atoms. The highest BCUT2D eigenvalue weighted by Gasteiger charge is 2.57. The van der Waals surface area contributed by atoms with Crippen molar-refractivity contribution in [3.63, 3.8) is 0 Å². The lowest BCUT2D eigenvalue weighted by Crippen LogP contribution is -2.59. The van der Waals surface area contributed by atoms with Crippen LogP contribution in [0.4, 0.5) is 15.9 Å². The summed E-state index contributed by atoms with van der Waals surface area (Å²) in [5.74, 6) is 0.0334. The van der Waals surface area contributed by atoms with E-state index in [9.17, 15) is 13.5 Å². The van der Waals surface area contributed by atoms with Gasteiger partial charge < -0.3 is 11.1 Å². The molecule has 1 aliphatic carbocycles. The molecule has 1 atom stereocenters. The van der Waals surface area contributed by atoms with Crippen LogP contribution in [-0.2, 0) is 5.54 Å². The van der Waals surface area contributed by atoms with E-state index in [2.05, 4.69) is 26.3 Å². The molecule has 1 aliphatic heterocycles. The Kier molecular flexibility index (Phi) is 4.83. The molecular weight excluding hydrogens is 443 g/mol. The summed E-state index contributed by atoms with van der Waals surface area (Å²) in [6.45, 7) is 1.67. The fourth-order valence-electron chi connectivity index (χ4n) is 4.68. The van der Waals surface area contributed by atoms with Crippen LogP contribution in [0.1, 0.15) is 37.3 Å². The summed E-state index contributed by atoms with van der Waals surface area (Å²) in [5.41, 5.74) is 6.76. The van der Waals surface area contributed by atoms with Gasteiger partial charge in [0.05, 0.1) is 11.3 Å². The van der Waals surface area contributed by atoms with Gasteiger partial charge in [0.15, 0.2) is 5.82 Å². The summed E-state index contributed by atoms with van der Waals surface area (Å²) in [5, 5.41) is 13.0. The largest absolute Gasteiger partial charge is 0.386 e. The highest BCUT2D eigenvalue weighted by molar-refractivity contribution is 8.26. The Balaban J connectivity index is 1.54. The number of anilines is 2. The number of nitrogens with two attached hydrogens (primary N) is 1. The SMILES string of the molecule is CC1(c2cc(Nc3nccc4cc(C#N)cnc34)ccc2F)CS(O)(O)C2(CCC2)C(N)=N1. The topological polar surface area (TPSA) is 140 Å². The maximum absolute atomic E-state index is 15.0. The Bertz CT molecular complexity index is 1350. The van der Waals surface area contributed by atoms with Crippen molar-refractivity contribution >= 4 is 38.8 Å². The number of benzene rings is 1. The minimum atomic E-state index is -3.11. The molecule has 170 valence electrons. The second-order valence-electron chi connectivity index (χ2n) is 8.82. The van der Waals surface area contributed by atoms with Crippen LogP contribution in [0.15, 0.2) is 47.7 Å². The smallest absolute Gasteiger partial charge is 0.156 e. The van der Waals surface area contributed by atoms with Gasteiger partial charge in [-0.2, -0.15) is 15.9 Å². The second-order valence-corrected chi connectivity index (χ2v) is 11.2. The van der Waals surface area contributed by atoms with Crippen LogP contribution in [0.25, 0.3) is 10.9 Å². The maximum atomic E-state index is 15.0. The van der Waals surface area contributed by atoms with Gasteiger partial charge in [-0.3, -0.25) is 19.1 Å². The third-order valence-electron chi connectivity index (χ3n) is 6.64. The standard InChI is InChI=1S/C23H23FN6O2S/c1-22(13-33(31,32)23(6-2-7-23)21(26)30-22)17-10-16(3-4-18(17)24)29-20-19-15(5-8-27-20)9-14(11-25)12-28-19/h3-5,8-10,12,31-32H,2,6-7,13H2,1H3,(H2,26,30)(H,27,29). The van der Waals surface area contributed by atoms with Crippen molar-refractivity contribution in [2.24, 2.45) is 10.7 Å². The molecule has 1 unspecified atom stereocenters. The van der Waals surface area contributed by atoms with Crippen LogP contribution in [-0.4, -0.2) is 35.4 Å². The van der Waals surface area contributed by atoms with Gasteiger partial charge in [-0.25, -0.2) is 9.37 Å². The molecule has 1 saturated carbocycles. The first-order valence-electron chi connectivity index (χ1n) is 10.5. The minimum Gasteiger partial charge on any atom is -0.386 e. The highest BCUT2D eigenvalue weighted by Crippen LogP contribution is 2.66. The number of aromatic nitrogens is 2. The van der Waals surface area contributed by atoms with Crippen LogP contribution in [0.5, 0.6) is 0 Å². The number of amidine groups is 1. The van der Waals surface area contributed by atoms with Crippen molar-refractivity contribution in [1.82, 2.24) is 9.97 Å². The van der Waals surface area contributed by atoms with E-state index in [1.807, 2.05) is 0 Å². The van der Waals surface area contributed by atoms with Crippen LogP contribution >= 0.6 is 10.6 Å². The molecule has 0 saturated heterocycles. The average Bonchev–Trinajstić information content (AvgIpc) is 2.72. The monoisotopic (exact) mass is 466 g/mol. The number of hydrogen-bond donors (Lipinski definition) is 4. The van der Waals surface area contributed by atoms with Gasteiger partial charge >= 0.3 is 0 Å². The molecule has 1 aromatic carbocycles. The summed E-state index contributed by atoms with van der Waals surface area (Å²) >= 11 is 0. The Morgan fingerprint density at radius 2 is 2.00 bits per heavy atom. The van der Waals surface area contributed by atoms with Gasteiger partial charge in [-0.05, 0) is 56.5 Å². The lowest BCUT2D eigenvalue weighted by atomic mass is 9.82. The molecule has 1 fully saturated rings. The summed E-state index contributed by atoms with van der Waals surface area (Å²) in [4.78, 5) is 13.3. The zero-order valence-corrected chi connectivity index (χ0v) is 18.7. The summed E-state index contributed by atoms with van der Waals surface area (Å²) < 4.78 is 36.1. The van der Waals surface area contributed by atoms with E-state index in [0.29, 0.717) is 35.4 Å². The van der Waals surface area contributed by atoms with Gasteiger partial charge in [-0.15, -0.1) is 0 Å². The van der Waals surface area contributed by atoms with Crippen LogP contribution in [0.3, 0.4) is 0 Å². The van der Waals surface area contributed by atoms with Gasteiger partial charge in [0, 0.05) is 29.0 Å². The Hall–Kier alpha value is -3.26. The molecule has 2 aromatic heterocycles. The van der Waals surface area contributed by atoms with Gasteiger partial charge in [0.2, 0.25) is 0 Å². The zero-order chi connectivity index (χ0) is 23.4. The zero-order valence-electron chi connectivity index (χ0n) is 17.9. The number of halogens is 1. The Morgan fingerprint density at radius 1 is 1.21 bits per heavy atom. The lowest BCUT2D eigenvalue weighted by molar-refractivity contribution is 0.341. The molecule has 10 heteroatoms. The number of fused-ring (bicyclic) bond motifs is 1. The van der Waals surface area contributed by atoms with E-state index in [1.54, 1.807) is 37.4 Å². The van der Waals surface area contributed by atoms with Crippen molar-refractivity contribution in [2.75, 3.05) is 11.1 Å². The number of nitrogens with one attached hydrogen (secondary N) is 1. The Morgan fingerprint density at radius 3 is 2.67 bits per heavy atom. The van der Waals surface area contributed by atoms with E-state index in [1.165, 1.54) is 12.3 Å². The van der Waals surface area contributed by atoms with Gasteiger partial charge in [0.1, 0.15) is 33.5 Å². The first-order valence-corrected chi connectivity index (χ1v) is 12.2. The van der Waals surface area contributed by atoms with Crippen molar-refractivity contribution in [2.45, 2.75) is 36.5 Å². The molecular formula is C23H23FN6O2S. The first kappa shape index (κ1) is 21.6. The molecule has 2 aliphatic rings. The van der Waals surface area contributed by atoms with Crippen LogP contribution in [0.2, 0.25) is 0 Å². The predicted octanol–water partition coefficient (Wildman–Crippen LogP) is 4.64. The van der Waals surface area contributed by atoms with E-state index >= 15 is 0 Å². The van der Waals surface area contributed by atoms with E-state index in [0.717, 1.165) is 11.8 Å². The summed E-state index contributed by atoms with van der Waals surface area (Å²) in [7, 11) is -3.11. The van der Waals surface area contributed by atoms with Crippen LogP contribution < -0.4 is 11.1 Å². The van der Waals surface area contributed by atoms with Crippen LogP contribution in [0, 0.1) is 17.1 Å². The second kappa shape index (κ2) is 7.38. The summed E-state index contributed by atoms with van der Waals surface area (Å²) in [6.07, 6.45) is 5.08. The first-order chi connectivity index (χ1) is 15.7. The normalized spacial score (nSPS) is 23.9. The fourth-order valence-corrected chi connectivity index (χ4v) is 7.28. The molecule has 33 heavy (non-hydrogen) atoms. The number of nitrogens with zero attached hydrogens (tertiary/aromatic N) is 4. The van der Waals surface area contributed by atoms with Crippen molar-refractivity contribution in [3.8, 4) is 6.07 Å². The van der Waals surface area contributed by atoms with E-state index in [-0.39, 0.29) is 17.2 Å². The molecule has 8 nitrogen and oxygen atoms in total. The van der Waals surface area contributed by atoms with E-state index < -0.39 is 26.7 Å². The number of rotatable bonds is 3. The van der Waals surface area contributed by atoms with Crippen molar-refractivity contribution in [3.05, 3.63) is 59.7 Å². The lowest BCUT2D eigenvalue weighted by Gasteiger charge is -2.60. The van der Waals surface area contributed by atoms with Crippen molar-refractivity contribution in [1.29, 1.82) is 5.26 Å². The van der Waals surface area contributed by atoms with Gasteiger partial charge in [-0.1, -0.05) is 0 Å². The average molecular weight is 467 g/mol. The van der Waals surface area contributed by atoms with Gasteiger partial charge in [0.25, 0.3) is 0 Å². The molecule has 5 N–H and O–H groups in total. The summed E-state index contributed by atoms with van der Waals surface area (Å²) in [6, 6.07) is 9.99. The third kappa shape index (κ3) is 3.31. The maximum Gasteiger partial charge on any atom is 0.156 e. The molecule has 0 radical (unpaired) electrons. The van der Waals surface area contributed by atoms with E-state index in [4.69, 9.17) is 11.0 Å². The quantitative estimate of drug-likeness (QED) is 0.440. The molecule has 5 rings (SSSR count). The molecule has 0 bridgehead atoms. The molecule has 3 heterocycles. The highest BCUT2D eigenvalue weighted by atomic mass is 32.3. The predicted molar refractivity (Wildman–Crippen MR) is 127 cm³/mol. The Labute approximate surface area is 191 Å².